The number of aromatic nitrogens is 1. The summed E-state index contributed by atoms with van der Waals surface area (Å²) in [7, 11) is 0. The number of carbonyl (C=O) groups is 1. The predicted molar refractivity (Wildman–Crippen MR) is 93.5 cm³/mol. The first-order chi connectivity index (χ1) is 9.74. The molecule has 2 aliphatic rings. The molecule has 1 aromatic rings. The number of pyridine rings is 1. The molecule has 2 saturated heterocycles. The van der Waals surface area contributed by atoms with Gasteiger partial charge in [0.25, 0.3) is 0 Å². The Morgan fingerprint density at radius 2 is 2.23 bits per heavy atom. The van der Waals surface area contributed by atoms with E-state index < -0.39 is 0 Å². The average Bonchev–Trinajstić information content (AvgIpc) is 3.10. The van der Waals surface area contributed by atoms with Gasteiger partial charge in [0.15, 0.2) is 0 Å². The smallest absolute Gasteiger partial charge is 0.224 e. The van der Waals surface area contributed by atoms with Crippen molar-refractivity contribution in [2.45, 2.75) is 18.9 Å². The number of nitrogens with one attached hydrogen (secondary N) is 2. The van der Waals surface area contributed by atoms with Gasteiger partial charge in [-0.05, 0) is 31.5 Å². The summed E-state index contributed by atoms with van der Waals surface area (Å²) in [5, 5.41) is 7.04. The topological polar surface area (TPSA) is 57.3 Å². The molecule has 0 aliphatic carbocycles. The zero-order valence-corrected chi connectivity index (χ0v) is 14.5. The van der Waals surface area contributed by atoms with Crippen LogP contribution < -0.4 is 15.5 Å². The normalized spacial score (nSPS) is 23.6. The largest absolute Gasteiger partial charge is 0.353 e. The highest BCUT2D eigenvalue weighted by Crippen LogP contribution is 2.25. The fourth-order valence-corrected chi connectivity index (χ4v) is 3.12. The Morgan fingerprint density at radius 3 is 2.91 bits per heavy atom. The van der Waals surface area contributed by atoms with Gasteiger partial charge in [-0.2, -0.15) is 0 Å². The first-order valence-electron chi connectivity index (χ1n) is 7.10. The molecule has 0 saturated carbocycles. The fourth-order valence-electron chi connectivity index (χ4n) is 2.88. The van der Waals surface area contributed by atoms with Gasteiger partial charge in [-0.3, -0.25) is 4.79 Å². The van der Waals surface area contributed by atoms with Crippen LogP contribution >= 0.6 is 36.4 Å². The molecule has 1 amide bonds. The van der Waals surface area contributed by atoms with E-state index in [2.05, 4.69) is 20.5 Å². The zero-order chi connectivity index (χ0) is 13.9. The van der Waals surface area contributed by atoms with Crippen LogP contribution in [0.3, 0.4) is 0 Å². The molecule has 0 radical (unpaired) electrons. The van der Waals surface area contributed by atoms with Crippen LogP contribution in [0.1, 0.15) is 12.8 Å². The lowest BCUT2D eigenvalue weighted by atomic mass is 10.1. The first kappa shape index (κ1) is 19.3. The number of amides is 1. The van der Waals surface area contributed by atoms with Gasteiger partial charge in [-0.1, -0.05) is 11.6 Å². The molecule has 2 atom stereocenters. The van der Waals surface area contributed by atoms with Crippen LogP contribution in [0.4, 0.5) is 5.82 Å². The quantitative estimate of drug-likeness (QED) is 0.856. The summed E-state index contributed by atoms with van der Waals surface area (Å²) in [5.74, 6) is 1.12. The lowest BCUT2D eigenvalue weighted by molar-refractivity contribution is -0.125. The zero-order valence-electron chi connectivity index (χ0n) is 12.1. The number of hydrogen-bond donors (Lipinski definition) is 2. The maximum absolute atomic E-state index is 12.1. The van der Waals surface area contributed by atoms with Crippen LogP contribution in [0, 0.1) is 5.92 Å². The van der Waals surface area contributed by atoms with Crippen LogP contribution in [-0.2, 0) is 4.79 Å². The maximum atomic E-state index is 12.1. The van der Waals surface area contributed by atoms with Gasteiger partial charge < -0.3 is 15.5 Å². The molecule has 0 aromatic carbocycles. The molecule has 5 nitrogen and oxygen atoms in total. The minimum atomic E-state index is 0. The van der Waals surface area contributed by atoms with E-state index >= 15 is 0 Å². The summed E-state index contributed by atoms with van der Waals surface area (Å²) in [6, 6.07) is 3.87. The van der Waals surface area contributed by atoms with Crippen LogP contribution in [0.25, 0.3) is 0 Å². The van der Waals surface area contributed by atoms with Gasteiger partial charge in [-0.15, -0.1) is 24.8 Å². The van der Waals surface area contributed by atoms with E-state index in [0.29, 0.717) is 5.02 Å². The summed E-state index contributed by atoms with van der Waals surface area (Å²) < 4.78 is 0. The third-order valence-electron chi connectivity index (χ3n) is 4.00. The maximum Gasteiger partial charge on any atom is 0.224 e. The molecule has 22 heavy (non-hydrogen) atoms. The number of rotatable bonds is 3. The highest BCUT2D eigenvalue weighted by atomic mass is 35.5. The molecule has 1 aromatic heterocycles. The van der Waals surface area contributed by atoms with Crippen molar-refractivity contribution >= 4 is 48.1 Å². The Balaban J connectivity index is 0.00000121. The van der Waals surface area contributed by atoms with E-state index in [-0.39, 0.29) is 42.7 Å². The van der Waals surface area contributed by atoms with Crippen molar-refractivity contribution in [3.63, 3.8) is 0 Å². The van der Waals surface area contributed by atoms with Crippen LogP contribution in [0.2, 0.25) is 5.02 Å². The summed E-state index contributed by atoms with van der Waals surface area (Å²) in [6.45, 7) is 3.40. The van der Waals surface area contributed by atoms with E-state index in [9.17, 15) is 4.79 Å². The molecular weight excluding hydrogens is 347 g/mol. The van der Waals surface area contributed by atoms with E-state index in [0.717, 1.165) is 44.8 Å². The second-order valence-electron chi connectivity index (χ2n) is 5.44. The highest BCUT2D eigenvalue weighted by Gasteiger charge is 2.29. The second kappa shape index (κ2) is 8.77. The summed E-state index contributed by atoms with van der Waals surface area (Å²) in [4.78, 5) is 18.6. The van der Waals surface area contributed by atoms with Crippen molar-refractivity contribution < 1.29 is 4.79 Å². The van der Waals surface area contributed by atoms with Crippen molar-refractivity contribution in [3.8, 4) is 0 Å². The number of halogens is 3. The summed E-state index contributed by atoms with van der Waals surface area (Å²) >= 11 is 6.16. The van der Waals surface area contributed by atoms with Crippen LogP contribution in [-0.4, -0.2) is 43.1 Å². The SMILES string of the molecule is Cl.Cl.O=C(NC1CCN(c2ncccc2Cl)C1)C1CCNC1. The first-order valence-corrected chi connectivity index (χ1v) is 7.48. The Labute approximate surface area is 148 Å². The van der Waals surface area contributed by atoms with Crippen molar-refractivity contribution in [1.82, 2.24) is 15.6 Å². The minimum Gasteiger partial charge on any atom is -0.353 e. The minimum absolute atomic E-state index is 0. The Hall–Kier alpha value is -0.750. The summed E-state index contributed by atoms with van der Waals surface area (Å²) in [5.41, 5.74) is 0. The monoisotopic (exact) mass is 366 g/mol. The summed E-state index contributed by atoms with van der Waals surface area (Å²) in [6.07, 6.45) is 3.63. The lowest BCUT2D eigenvalue weighted by Crippen LogP contribution is -2.41. The lowest BCUT2D eigenvalue weighted by Gasteiger charge is -2.19. The molecule has 2 aliphatic heterocycles. The number of nitrogens with zero attached hydrogens (tertiary/aromatic N) is 2. The van der Waals surface area contributed by atoms with Gasteiger partial charge in [0.05, 0.1) is 10.9 Å². The van der Waals surface area contributed by atoms with Gasteiger partial charge >= 0.3 is 0 Å². The second-order valence-corrected chi connectivity index (χ2v) is 5.85. The Morgan fingerprint density at radius 1 is 1.41 bits per heavy atom. The van der Waals surface area contributed by atoms with Gasteiger partial charge in [0, 0.05) is 31.9 Å². The predicted octanol–water partition coefficient (Wildman–Crippen LogP) is 1.88. The van der Waals surface area contributed by atoms with Gasteiger partial charge in [0.1, 0.15) is 5.82 Å². The van der Waals surface area contributed by atoms with E-state index in [1.54, 1.807) is 6.20 Å². The van der Waals surface area contributed by atoms with Crippen LogP contribution in [0.5, 0.6) is 0 Å². The third kappa shape index (κ3) is 4.38. The number of carbonyl (C=O) groups excluding carboxylic acids is 1. The Bertz CT molecular complexity index is 497. The average molecular weight is 368 g/mol. The highest BCUT2D eigenvalue weighted by molar-refractivity contribution is 6.32. The molecule has 0 spiro atoms. The van der Waals surface area contributed by atoms with Crippen molar-refractivity contribution in [2.24, 2.45) is 5.92 Å². The van der Waals surface area contributed by atoms with Crippen molar-refractivity contribution in [2.75, 3.05) is 31.1 Å². The molecule has 2 N–H and O–H groups in total. The van der Waals surface area contributed by atoms with E-state index in [1.165, 1.54) is 0 Å². The standard InChI is InChI=1S/C14H19ClN4O.2ClH/c15-12-2-1-5-17-13(12)19-7-4-11(9-19)18-14(20)10-3-6-16-8-10;;/h1-2,5,10-11,16H,3-4,6-9H2,(H,18,20);2*1H. The van der Waals surface area contributed by atoms with Crippen LogP contribution in [0.15, 0.2) is 18.3 Å². The molecule has 2 fully saturated rings. The molecule has 3 heterocycles. The number of hydrogen-bond acceptors (Lipinski definition) is 4. The number of anilines is 1. The molecule has 0 bridgehead atoms. The van der Waals surface area contributed by atoms with Crippen molar-refractivity contribution in [1.29, 1.82) is 0 Å². The molecule has 124 valence electrons. The van der Waals surface area contributed by atoms with E-state index in [4.69, 9.17) is 11.6 Å². The molecule has 8 heteroatoms. The van der Waals surface area contributed by atoms with Crippen molar-refractivity contribution in [3.05, 3.63) is 23.4 Å². The third-order valence-corrected chi connectivity index (χ3v) is 4.30. The Kier molecular flexibility index (Phi) is 7.69. The molecule has 2 unspecified atom stereocenters. The molecule has 3 rings (SSSR count). The van der Waals surface area contributed by atoms with Gasteiger partial charge in [0.2, 0.25) is 5.91 Å². The van der Waals surface area contributed by atoms with E-state index in [1.807, 2.05) is 12.1 Å². The molecular formula is C14H21Cl3N4O. The van der Waals surface area contributed by atoms with Gasteiger partial charge in [-0.25, -0.2) is 4.98 Å². The fraction of sp³-hybridized carbons (Fsp3) is 0.571.